The second-order valence-corrected chi connectivity index (χ2v) is 5.74. The highest BCUT2D eigenvalue weighted by atomic mass is 16.2. The molecular weight excluding hydrogens is 276 g/mol. The van der Waals surface area contributed by atoms with Crippen molar-refractivity contribution in [3.05, 3.63) is 47.8 Å². The summed E-state index contributed by atoms with van der Waals surface area (Å²) in [5, 5.41) is 0. The van der Waals surface area contributed by atoms with Crippen LogP contribution >= 0.6 is 0 Å². The molecule has 116 valence electrons. The Morgan fingerprint density at radius 2 is 2.05 bits per heavy atom. The molecule has 0 bridgehead atoms. The van der Waals surface area contributed by atoms with Crippen LogP contribution in [0, 0.1) is 0 Å². The molecule has 0 radical (unpaired) electrons. The molecule has 1 aliphatic heterocycles. The van der Waals surface area contributed by atoms with E-state index in [1.807, 2.05) is 47.1 Å². The van der Waals surface area contributed by atoms with Gasteiger partial charge in [-0.3, -0.25) is 4.79 Å². The van der Waals surface area contributed by atoms with E-state index in [2.05, 4.69) is 16.9 Å². The van der Waals surface area contributed by atoms with E-state index in [0.717, 1.165) is 36.3 Å². The number of hydrogen-bond donors (Lipinski definition) is 0. The fourth-order valence-electron chi connectivity index (χ4n) is 2.96. The van der Waals surface area contributed by atoms with Crippen LogP contribution in [0.25, 0.3) is 0 Å². The van der Waals surface area contributed by atoms with Crippen LogP contribution in [0.3, 0.4) is 0 Å². The predicted molar refractivity (Wildman–Crippen MR) is 84.0 cm³/mol. The highest BCUT2D eigenvalue weighted by Gasteiger charge is 2.30. The summed E-state index contributed by atoms with van der Waals surface area (Å²) in [4.78, 5) is 23.7. The molecule has 1 amide bonds. The van der Waals surface area contributed by atoms with E-state index in [-0.39, 0.29) is 11.9 Å². The van der Waals surface area contributed by atoms with Crippen LogP contribution < -0.4 is 0 Å². The molecule has 2 aromatic rings. The van der Waals surface area contributed by atoms with Gasteiger partial charge in [0.15, 0.2) is 0 Å². The molecule has 0 N–H and O–H groups in total. The number of nitrogens with zero attached hydrogens (tertiary/aromatic N) is 4. The van der Waals surface area contributed by atoms with Gasteiger partial charge in [-0.15, -0.1) is 0 Å². The Labute approximate surface area is 131 Å². The second-order valence-electron chi connectivity index (χ2n) is 5.74. The molecular formula is C17H22N4O. The molecule has 3 heterocycles. The maximum atomic E-state index is 12.9. The number of aryl methyl sites for hydroxylation is 1. The Morgan fingerprint density at radius 1 is 1.27 bits per heavy atom. The molecule has 0 saturated heterocycles. The van der Waals surface area contributed by atoms with Gasteiger partial charge >= 0.3 is 0 Å². The van der Waals surface area contributed by atoms with Crippen LogP contribution in [0.15, 0.2) is 30.7 Å². The number of amides is 1. The minimum absolute atomic E-state index is 0.118. The summed E-state index contributed by atoms with van der Waals surface area (Å²) in [7, 11) is 0. The lowest BCUT2D eigenvalue weighted by Gasteiger charge is -2.24. The van der Waals surface area contributed by atoms with Gasteiger partial charge in [0.25, 0.3) is 0 Å². The Hall–Kier alpha value is -2.17. The third-order valence-corrected chi connectivity index (χ3v) is 4.17. The molecule has 0 fully saturated rings. The summed E-state index contributed by atoms with van der Waals surface area (Å²) >= 11 is 0. The lowest BCUT2D eigenvalue weighted by atomic mass is 10.1. The maximum Gasteiger partial charge on any atom is 0.246 e. The molecule has 1 atom stereocenters. The summed E-state index contributed by atoms with van der Waals surface area (Å²) in [6.45, 7) is 5.38. The third-order valence-electron chi connectivity index (χ3n) is 4.17. The zero-order valence-corrected chi connectivity index (χ0v) is 13.2. The molecule has 2 aromatic heterocycles. The van der Waals surface area contributed by atoms with E-state index in [9.17, 15) is 4.79 Å². The van der Waals surface area contributed by atoms with Crippen molar-refractivity contribution in [2.24, 2.45) is 0 Å². The van der Waals surface area contributed by atoms with E-state index >= 15 is 0 Å². The van der Waals surface area contributed by atoms with Crippen molar-refractivity contribution in [3.8, 4) is 0 Å². The van der Waals surface area contributed by atoms with Gasteiger partial charge in [0, 0.05) is 37.1 Å². The maximum absolute atomic E-state index is 12.9. The normalized spacial score (nSPS) is 14.9. The number of aromatic nitrogens is 3. The first-order valence-electron chi connectivity index (χ1n) is 7.97. The van der Waals surface area contributed by atoms with E-state index in [0.29, 0.717) is 13.1 Å². The fraction of sp³-hybridized carbons (Fsp3) is 0.471. The molecule has 5 nitrogen and oxygen atoms in total. The number of hydrogen-bond acceptors (Lipinski definition) is 3. The summed E-state index contributed by atoms with van der Waals surface area (Å²) in [6.07, 6.45) is 8.47. The van der Waals surface area contributed by atoms with Crippen molar-refractivity contribution in [2.45, 2.75) is 52.2 Å². The Kier molecular flexibility index (Phi) is 4.22. The van der Waals surface area contributed by atoms with Crippen LogP contribution in [0.1, 0.15) is 49.8 Å². The van der Waals surface area contributed by atoms with E-state index in [4.69, 9.17) is 0 Å². The van der Waals surface area contributed by atoms with Gasteiger partial charge in [-0.25, -0.2) is 9.97 Å². The van der Waals surface area contributed by atoms with Crippen molar-refractivity contribution in [1.29, 1.82) is 0 Å². The van der Waals surface area contributed by atoms with Crippen molar-refractivity contribution >= 4 is 5.91 Å². The smallest absolute Gasteiger partial charge is 0.246 e. The Morgan fingerprint density at radius 3 is 2.73 bits per heavy atom. The quantitative estimate of drug-likeness (QED) is 0.853. The molecule has 0 aliphatic carbocycles. The second kappa shape index (κ2) is 6.30. The fourth-order valence-corrected chi connectivity index (χ4v) is 2.96. The van der Waals surface area contributed by atoms with Crippen molar-refractivity contribution < 1.29 is 4.79 Å². The molecule has 22 heavy (non-hydrogen) atoms. The molecule has 0 saturated carbocycles. The van der Waals surface area contributed by atoms with Crippen LogP contribution in [0.4, 0.5) is 0 Å². The number of fused-ring (bicyclic) bond motifs is 1. The molecule has 0 spiro atoms. The average Bonchev–Trinajstić information content (AvgIpc) is 3.20. The van der Waals surface area contributed by atoms with Gasteiger partial charge in [0.1, 0.15) is 11.9 Å². The van der Waals surface area contributed by atoms with E-state index in [1.54, 1.807) is 0 Å². The average molecular weight is 298 g/mol. The van der Waals surface area contributed by atoms with E-state index in [1.165, 1.54) is 0 Å². The topological polar surface area (TPSA) is 51.0 Å². The van der Waals surface area contributed by atoms with Crippen LogP contribution in [-0.2, 0) is 24.3 Å². The monoisotopic (exact) mass is 298 g/mol. The first kappa shape index (κ1) is 14.8. The lowest BCUT2D eigenvalue weighted by Crippen LogP contribution is -2.33. The number of carbonyl (C=O) groups excluding carboxylic acids is 1. The summed E-state index contributed by atoms with van der Waals surface area (Å²) < 4.78 is 2.01. The predicted octanol–water partition coefficient (Wildman–Crippen LogP) is 2.72. The van der Waals surface area contributed by atoms with Gasteiger partial charge in [-0.2, -0.15) is 0 Å². The van der Waals surface area contributed by atoms with Gasteiger partial charge in [-0.05, 0) is 18.6 Å². The highest BCUT2D eigenvalue weighted by Crippen LogP contribution is 2.25. The number of rotatable bonds is 5. The summed E-state index contributed by atoms with van der Waals surface area (Å²) in [6, 6.07) is 3.81. The van der Waals surface area contributed by atoms with Crippen molar-refractivity contribution in [2.75, 3.05) is 0 Å². The minimum atomic E-state index is -0.118. The lowest BCUT2D eigenvalue weighted by molar-refractivity contribution is -0.135. The Balaban J connectivity index is 1.78. The standard InChI is InChI=1S/C17H22N4O/c1-3-7-15(20-8-5-6-9-20)17(22)21-11-13-10-18-16(4-2)19-14(13)12-21/h5-6,8-10,15H,3-4,7,11-12H2,1-2H3/t15-/m0/s1. The van der Waals surface area contributed by atoms with Gasteiger partial charge in [-0.1, -0.05) is 20.3 Å². The van der Waals surface area contributed by atoms with Gasteiger partial charge in [0.2, 0.25) is 5.91 Å². The van der Waals surface area contributed by atoms with Gasteiger partial charge in [0.05, 0.1) is 12.2 Å². The van der Waals surface area contributed by atoms with Crippen LogP contribution in [-0.4, -0.2) is 25.3 Å². The SMILES string of the molecule is CCC[C@@H](C(=O)N1Cc2cnc(CC)nc2C1)n1cccc1. The first-order chi connectivity index (χ1) is 10.7. The van der Waals surface area contributed by atoms with Gasteiger partial charge < -0.3 is 9.47 Å². The highest BCUT2D eigenvalue weighted by molar-refractivity contribution is 5.81. The van der Waals surface area contributed by atoms with Crippen molar-refractivity contribution in [1.82, 2.24) is 19.4 Å². The number of carbonyl (C=O) groups is 1. The molecule has 0 unspecified atom stereocenters. The van der Waals surface area contributed by atoms with Crippen molar-refractivity contribution in [3.63, 3.8) is 0 Å². The van der Waals surface area contributed by atoms with Crippen LogP contribution in [0.2, 0.25) is 0 Å². The Bertz CT molecular complexity index is 651. The molecule has 1 aliphatic rings. The summed E-state index contributed by atoms with van der Waals surface area (Å²) in [5.41, 5.74) is 2.08. The molecule has 0 aromatic carbocycles. The largest absolute Gasteiger partial charge is 0.342 e. The third kappa shape index (κ3) is 2.75. The molecule has 3 rings (SSSR count). The summed E-state index contributed by atoms with van der Waals surface area (Å²) in [5.74, 6) is 1.03. The minimum Gasteiger partial charge on any atom is -0.342 e. The zero-order valence-electron chi connectivity index (χ0n) is 13.2. The van der Waals surface area contributed by atoms with E-state index < -0.39 is 0 Å². The zero-order chi connectivity index (χ0) is 15.5. The molecule has 5 heteroatoms. The van der Waals surface area contributed by atoms with Crippen LogP contribution in [0.5, 0.6) is 0 Å². The first-order valence-corrected chi connectivity index (χ1v) is 7.97.